The summed E-state index contributed by atoms with van der Waals surface area (Å²) in [6.45, 7) is 2.17. The molecule has 1 aromatic heterocycles. The first-order valence-electron chi connectivity index (χ1n) is 5.27. The van der Waals surface area contributed by atoms with Crippen molar-refractivity contribution in [1.29, 1.82) is 0 Å². The predicted octanol–water partition coefficient (Wildman–Crippen LogP) is 1.41. The van der Waals surface area contributed by atoms with Crippen molar-refractivity contribution in [1.82, 2.24) is 9.55 Å². The molecule has 0 spiro atoms. The van der Waals surface area contributed by atoms with Crippen molar-refractivity contribution in [2.75, 3.05) is 11.1 Å². The number of aromatic nitrogens is 2. The van der Waals surface area contributed by atoms with Crippen molar-refractivity contribution in [3.63, 3.8) is 0 Å². The van der Waals surface area contributed by atoms with E-state index in [1.165, 1.54) is 0 Å². The number of rotatable bonds is 3. The van der Waals surface area contributed by atoms with E-state index in [9.17, 15) is 4.79 Å². The number of carbonyl (C=O) groups excluding carboxylic acids is 1. The van der Waals surface area contributed by atoms with Gasteiger partial charge in [0, 0.05) is 23.8 Å². The van der Waals surface area contributed by atoms with Gasteiger partial charge in [-0.2, -0.15) is 0 Å². The Kier molecular flexibility index (Phi) is 3.09. The molecule has 0 atom stereocenters. The predicted molar refractivity (Wildman–Crippen MR) is 66.4 cm³/mol. The highest BCUT2D eigenvalue weighted by atomic mass is 16.1. The molecule has 17 heavy (non-hydrogen) atoms. The lowest BCUT2D eigenvalue weighted by atomic mass is 10.2. The Hall–Kier alpha value is -2.30. The molecule has 3 N–H and O–H groups in total. The first kappa shape index (κ1) is 11.2. The third-order valence-electron chi connectivity index (χ3n) is 2.42. The molecule has 2 aromatic rings. The Bertz CT molecular complexity index is 519. The van der Waals surface area contributed by atoms with Gasteiger partial charge >= 0.3 is 0 Å². The molecule has 1 heterocycles. The van der Waals surface area contributed by atoms with Crippen LogP contribution < -0.4 is 11.1 Å². The first-order valence-corrected chi connectivity index (χ1v) is 5.27. The molecule has 0 saturated heterocycles. The lowest BCUT2D eigenvalue weighted by molar-refractivity contribution is -0.116. The summed E-state index contributed by atoms with van der Waals surface area (Å²) in [5.74, 6) is -0.100. The normalized spacial score (nSPS) is 10.2. The highest BCUT2D eigenvalue weighted by Gasteiger charge is 2.05. The summed E-state index contributed by atoms with van der Waals surface area (Å²) in [6.07, 6.45) is 4.98. The van der Waals surface area contributed by atoms with Crippen LogP contribution in [-0.4, -0.2) is 15.5 Å². The standard InChI is InChI=1S/C12H14N4O/c1-9-2-3-10(13)6-11(9)15-12(17)7-16-5-4-14-8-16/h2-6,8H,7,13H2,1H3,(H,15,17). The van der Waals surface area contributed by atoms with E-state index in [0.29, 0.717) is 5.69 Å². The van der Waals surface area contributed by atoms with E-state index in [-0.39, 0.29) is 12.5 Å². The molecule has 0 aliphatic heterocycles. The maximum atomic E-state index is 11.7. The van der Waals surface area contributed by atoms with Gasteiger partial charge in [-0.3, -0.25) is 4.79 Å². The average molecular weight is 230 g/mol. The zero-order chi connectivity index (χ0) is 12.3. The molecule has 0 aliphatic rings. The summed E-state index contributed by atoms with van der Waals surface area (Å²) in [5, 5.41) is 2.82. The van der Waals surface area contributed by atoms with E-state index >= 15 is 0 Å². The van der Waals surface area contributed by atoms with E-state index < -0.39 is 0 Å². The minimum absolute atomic E-state index is 0.100. The molecular weight excluding hydrogens is 216 g/mol. The number of hydrogen-bond donors (Lipinski definition) is 2. The first-order chi connectivity index (χ1) is 8.15. The maximum Gasteiger partial charge on any atom is 0.244 e. The van der Waals surface area contributed by atoms with Crippen LogP contribution in [0.3, 0.4) is 0 Å². The average Bonchev–Trinajstić information content (AvgIpc) is 2.76. The third-order valence-corrected chi connectivity index (χ3v) is 2.42. The van der Waals surface area contributed by atoms with Gasteiger partial charge in [-0.05, 0) is 24.6 Å². The summed E-state index contributed by atoms with van der Waals surface area (Å²) in [7, 11) is 0. The van der Waals surface area contributed by atoms with Crippen LogP contribution in [0.2, 0.25) is 0 Å². The number of nitrogens with two attached hydrogens (primary N) is 1. The van der Waals surface area contributed by atoms with Gasteiger partial charge in [-0.15, -0.1) is 0 Å². The number of nitrogens with zero attached hydrogens (tertiary/aromatic N) is 2. The van der Waals surface area contributed by atoms with Crippen LogP contribution in [0, 0.1) is 6.92 Å². The van der Waals surface area contributed by atoms with Crippen LogP contribution in [0.15, 0.2) is 36.9 Å². The van der Waals surface area contributed by atoms with E-state index in [1.54, 1.807) is 35.4 Å². The van der Waals surface area contributed by atoms with Crippen molar-refractivity contribution in [3.8, 4) is 0 Å². The van der Waals surface area contributed by atoms with Gasteiger partial charge in [0.15, 0.2) is 0 Å². The third kappa shape index (κ3) is 2.84. The van der Waals surface area contributed by atoms with Gasteiger partial charge in [-0.25, -0.2) is 4.98 Å². The Morgan fingerprint density at radius 3 is 3.06 bits per heavy atom. The molecular formula is C12H14N4O. The number of nitrogens with one attached hydrogen (secondary N) is 1. The Morgan fingerprint density at radius 1 is 1.53 bits per heavy atom. The van der Waals surface area contributed by atoms with Crippen molar-refractivity contribution in [2.45, 2.75) is 13.5 Å². The molecule has 88 valence electrons. The van der Waals surface area contributed by atoms with Gasteiger partial charge in [-0.1, -0.05) is 6.07 Å². The smallest absolute Gasteiger partial charge is 0.244 e. The molecule has 5 heteroatoms. The molecule has 0 aliphatic carbocycles. The molecule has 0 bridgehead atoms. The Balaban J connectivity index is 2.05. The van der Waals surface area contributed by atoms with E-state index in [2.05, 4.69) is 10.3 Å². The van der Waals surface area contributed by atoms with Crippen LogP contribution in [0.25, 0.3) is 0 Å². The largest absolute Gasteiger partial charge is 0.399 e. The van der Waals surface area contributed by atoms with Crippen molar-refractivity contribution in [3.05, 3.63) is 42.5 Å². The van der Waals surface area contributed by atoms with Crippen molar-refractivity contribution in [2.24, 2.45) is 0 Å². The zero-order valence-corrected chi connectivity index (χ0v) is 9.55. The van der Waals surface area contributed by atoms with Crippen LogP contribution >= 0.6 is 0 Å². The summed E-state index contributed by atoms with van der Waals surface area (Å²) in [4.78, 5) is 15.6. The second-order valence-electron chi connectivity index (χ2n) is 3.86. The number of aryl methyl sites for hydroxylation is 1. The number of hydrogen-bond acceptors (Lipinski definition) is 3. The molecule has 0 unspecified atom stereocenters. The van der Waals surface area contributed by atoms with Crippen LogP contribution in [-0.2, 0) is 11.3 Å². The fraction of sp³-hybridized carbons (Fsp3) is 0.167. The summed E-state index contributed by atoms with van der Waals surface area (Å²) >= 11 is 0. The van der Waals surface area contributed by atoms with Crippen LogP contribution in [0.4, 0.5) is 11.4 Å². The number of amides is 1. The highest BCUT2D eigenvalue weighted by molar-refractivity contribution is 5.91. The second-order valence-corrected chi connectivity index (χ2v) is 3.86. The lowest BCUT2D eigenvalue weighted by Gasteiger charge is -2.09. The van der Waals surface area contributed by atoms with Gasteiger partial charge in [0.2, 0.25) is 5.91 Å². The topological polar surface area (TPSA) is 72.9 Å². The molecule has 0 saturated carbocycles. The molecule has 1 amide bonds. The molecule has 0 radical (unpaired) electrons. The second kappa shape index (κ2) is 4.69. The van der Waals surface area contributed by atoms with E-state index in [1.807, 2.05) is 13.0 Å². The number of nitrogen functional groups attached to an aromatic ring is 1. The fourth-order valence-electron chi connectivity index (χ4n) is 1.51. The zero-order valence-electron chi connectivity index (χ0n) is 9.55. The number of imidazole rings is 1. The summed E-state index contributed by atoms with van der Waals surface area (Å²) in [6, 6.07) is 5.43. The molecule has 0 fully saturated rings. The minimum atomic E-state index is -0.100. The fourth-order valence-corrected chi connectivity index (χ4v) is 1.51. The number of anilines is 2. The summed E-state index contributed by atoms with van der Waals surface area (Å²) < 4.78 is 1.71. The van der Waals surface area contributed by atoms with Crippen LogP contribution in [0.1, 0.15) is 5.56 Å². The highest BCUT2D eigenvalue weighted by Crippen LogP contribution is 2.17. The van der Waals surface area contributed by atoms with E-state index in [4.69, 9.17) is 5.73 Å². The maximum absolute atomic E-state index is 11.7. The van der Waals surface area contributed by atoms with Gasteiger partial charge in [0.1, 0.15) is 6.54 Å². The van der Waals surface area contributed by atoms with Gasteiger partial charge in [0.25, 0.3) is 0 Å². The quantitative estimate of drug-likeness (QED) is 0.783. The monoisotopic (exact) mass is 230 g/mol. The van der Waals surface area contributed by atoms with Gasteiger partial charge < -0.3 is 15.6 Å². The number of benzene rings is 1. The van der Waals surface area contributed by atoms with Crippen molar-refractivity contribution >= 4 is 17.3 Å². The number of carbonyl (C=O) groups is 1. The summed E-state index contributed by atoms with van der Waals surface area (Å²) in [5.41, 5.74) is 8.04. The lowest BCUT2D eigenvalue weighted by Crippen LogP contribution is -2.18. The molecule has 2 rings (SSSR count). The Morgan fingerprint density at radius 2 is 2.35 bits per heavy atom. The van der Waals surface area contributed by atoms with Crippen LogP contribution in [0.5, 0.6) is 0 Å². The SMILES string of the molecule is Cc1ccc(N)cc1NC(=O)Cn1ccnc1. The molecule has 5 nitrogen and oxygen atoms in total. The Labute approximate surface area is 99.3 Å². The molecule has 1 aromatic carbocycles. The minimum Gasteiger partial charge on any atom is -0.399 e. The van der Waals surface area contributed by atoms with Gasteiger partial charge in [0.05, 0.1) is 6.33 Å². The van der Waals surface area contributed by atoms with Crippen molar-refractivity contribution < 1.29 is 4.79 Å². The van der Waals surface area contributed by atoms with E-state index in [0.717, 1.165) is 11.3 Å².